The fraction of sp³-hybridized carbons (Fsp3) is 0. The lowest BCUT2D eigenvalue weighted by Crippen LogP contribution is -1.46. The van der Waals surface area contributed by atoms with Crippen molar-refractivity contribution in [1.82, 2.24) is 4.98 Å². The molecule has 0 aliphatic carbocycles. The zero-order valence-electron chi connectivity index (χ0n) is 3.84. The Kier molecular flexibility index (Phi) is 0.856. The summed E-state index contributed by atoms with van der Waals surface area (Å²) < 4.78 is 1.19. The van der Waals surface area contributed by atoms with Crippen molar-refractivity contribution in [2.45, 2.75) is 0 Å². The third-order valence-electron chi connectivity index (χ3n) is 0.859. The second kappa shape index (κ2) is 1.53. The van der Waals surface area contributed by atoms with Crippen LogP contribution < -0.4 is 0 Å². The van der Waals surface area contributed by atoms with Crippen molar-refractivity contribution in [3.63, 3.8) is 0 Å². The van der Waals surface area contributed by atoms with Crippen molar-refractivity contribution in [2.75, 3.05) is 0 Å². The summed E-state index contributed by atoms with van der Waals surface area (Å²) in [5, 5.41) is 2.99. The first-order valence-electron chi connectivity index (χ1n) is 2.09. The molecule has 2 aromatic rings. The van der Waals surface area contributed by atoms with Crippen molar-refractivity contribution in [3.8, 4) is 0 Å². The smallest absolute Gasteiger partial charge is 0.154 e. The summed E-state index contributed by atoms with van der Waals surface area (Å²) in [4.78, 5) is 5.01. The van der Waals surface area contributed by atoms with Crippen LogP contribution in [0.2, 0.25) is 0 Å². The highest BCUT2D eigenvalue weighted by Crippen LogP contribution is 2.20. The lowest BCUT2D eigenvalue weighted by atomic mass is 10.6. The highest BCUT2D eigenvalue weighted by atomic mass is 32.1. The van der Waals surface area contributed by atoms with Crippen molar-refractivity contribution >= 4 is 32.2 Å². The van der Waals surface area contributed by atoms with Crippen LogP contribution in [0.3, 0.4) is 0 Å². The van der Waals surface area contributed by atoms with Crippen molar-refractivity contribution in [2.24, 2.45) is 0 Å². The van der Waals surface area contributed by atoms with Crippen LogP contribution in [0.25, 0.3) is 9.53 Å². The zero-order valence-corrected chi connectivity index (χ0v) is 5.47. The first-order valence-corrected chi connectivity index (χ1v) is 3.72. The van der Waals surface area contributed by atoms with E-state index in [1.165, 1.54) is 27.4 Å². The number of rotatable bonds is 0. The molecule has 8 heavy (non-hydrogen) atoms. The van der Waals surface area contributed by atoms with E-state index in [-0.39, 0.29) is 0 Å². The van der Waals surface area contributed by atoms with Gasteiger partial charge in [-0.3, -0.25) is 0 Å². The second-order valence-corrected chi connectivity index (χ2v) is 2.99. The molecule has 0 saturated carbocycles. The van der Waals surface area contributed by atoms with Gasteiger partial charge in [-0.2, -0.15) is 0 Å². The van der Waals surface area contributed by atoms with Gasteiger partial charge in [-0.05, 0) is 6.07 Å². The van der Waals surface area contributed by atoms with Gasteiger partial charge in [0.15, 0.2) is 5.51 Å². The van der Waals surface area contributed by atoms with E-state index in [0.717, 1.165) is 4.83 Å². The minimum Gasteiger partial charge on any atom is -0.223 e. The van der Waals surface area contributed by atoms with Crippen molar-refractivity contribution < 1.29 is 0 Å². The molecule has 0 amide bonds. The Hall–Kier alpha value is -0.410. The molecule has 0 atom stereocenters. The Balaban J connectivity index is 3.06. The predicted molar refractivity (Wildman–Crippen MR) is 35.2 cm³/mol. The summed E-state index contributed by atoms with van der Waals surface area (Å²) in [5.74, 6) is 0. The van der Waals surface area contributed by atoms with Crippen LogP contribution in [-0.4, -0.2) is 4.98 Å². The molecular weight excluding hydrogens is 138 g/mol. The van der Waals surface area contributed by atoms with Crippen LogP contribution in [-0.2, 0) is 0 Å². The van der Waals surface area contributed by atoms with Gasteiger partial charge in [0.05, 0.1) is 4.70 Å². The molecule has 2 heterocycles. The maximum atomic E-state index is 3.96. The van der Waals surface area contributed by atoms with Gasteiger partial charge >= 0.3 is 0 Å². The summed E-state index contributed by atoms with van der Waals surface area (Å²) in [7, 11) is 0. The van der Waals surface area contributed by atoms with Crippen LogP contribution in [0.5, 0.6) is 0 Å². The number of fused-ring (bicyclic) bond motifs is 1. The van der Waals surface area contributed by atoms with E-state index < -0.39 is 0 Å². The van der Waals surface area contributed by atoms with Crippen LogP contribution in [0, 0.1) is 10.9 Å². The molecule has 1 nitrogen and oxygen atoms in total. The van der Waals surface area contributed by atoms with Gasteiger partial charge in [0.1, 0.15) is 4.83 Å². The van der Waals surface area contributed by atoms with E-state index in [9.17, 15) is 0 Å². The van der Waals surface area contributed by atoms with E-state index in [1.807, 2.05) is 6.07 Å². The van der Waals surface area contributed by atoms with Gasteiger partial charge in [-0.1, -0.05) is 0 Å². The Morgan fingerprint density at radius 3 is 3.38 bits per heavy atom. The molecule has 0 aromatic carbocycles. The van der Waals surface area contributed by atoms with Crippen LogP contribution >= 0.6 is 22.7 Å². The fourth-order valence-electron chi connectivity index (χ4n) is 0.515. The monoisotopic (exact) mass is 139 g/mol. The summed E-state index contributed by atoms with van der Waals surface area (Å²) in [5.41, 5.74) is 2.80. The maximum Gasteiger partial charge on any atom is 0.154 e. The number of thiazole rings is 1. The van der Waals surface area contributed by atoms with E-state index in [4.69, 9.17) is 0 Å². The van der Waals surface area contributed by atoms with E-state index in [2.05, 4.69) is 15.9 Å². The molecule has 0 fully saturated rings. The molecule has 3 heteroatoms. The number of hydrogen-bond acceptors (Lipinski definition) is 3. The Labute approximate surface area is 54.6 Å². The molecule has 0 spiro atoms. The van der Waals surface area contributed by atoms with Gasteiger partial charge in [0.25, 0.3) is 0 Å². The van der Waals surface area contributed by atoms with Gasteiger partial charge < -0.3 is 0 Å². The number of aromatic nitrogens is 1. The highest BCUT2D eigenvalue weighted by molar-refractivity contribution is 7.24. The van der Waals surface area contributed by atoms with E-state index in [0.29, 0.717) is 0 Å². The largest absolute Gasteiger partial charge is 0.223 e. The standard InChI is InChI=1S/C5HNS2/c1-2-7-5-4(1)8-3-6-5/h1H. The third kappa shape index (κ3) is 0.485. The normalized spacial score (nSPS) is 10.5. The summed E-state index contributed by atoms with van der Waals surface area (Å²) in [6, 6.07) is 1.94. The molecule has 0 saturated heterocycles. The molecule has 0 N–H and O–H groups in total. The summed E-state index contributed by atoms with van der Waals surface area (Å²) in [6.45, 7) is 0. The summed E-state index contributed by atoms with van der Waals surface area (Å²) in [6.07, 6.45) is 0. The lowest BCUT2D eigenvalue weighted by molar-refractivity contribution is 1.52. The van der Waals surface area contributed by atoms with Crippen LogP contribution in [0.15, 0.2) is 6.07 Å². The van der Waals surface area contributed by atoms with E-state index in [1.54, 1.807) is 0 Å². The minimum absolute atomic E-state index is 1.05. The first kappa shape index (κ1) is 4.47. The van der Waals surface area contributed by atoms with Gasteiger partial charge in [0, 0.05) is 5.38 Å². The predicted octanol–water partition coefficient (Wildman–Crippen LogP) is 1.96. The van der Waals surface area contributed by atoms with Crippen molar-refractivity contribution in [3.05, 3.63) is 17.0 Å². The Morgan fingerprint density at radius 2 is 2.50 bits per heavy atom. The highest BCUT2D eigenvalue weighted by Gasteiger charge is 1.93. The SMILES string of the molecule is [c]1nc2s[c]cc2s1. The van der Waals surface area contributed by atoms with Gasteiger partial charge in [-0.15, -0.1) is 22.7 Å². The molecule has 0 aliphatic rings. The average molecular weight is 139 g/mol. The molecule has 38 valence electrons. The molecule has 2 rings (SSSR count). The Bertz CT molecular complexity index is 232. The van der Waals surface area contributed by atoms with Gasteiger partial charge in [0.2, 0.25) is 0 Å². The lowest BCUT2D eigenvalue weighted by Gasteiger charge is -1.61. The molecule has 0 unspecified atom stereocenters. The second-order valence-electron chi connectivity index (χ2n) is 1.34. The number of thiophene rings is 1. The number of hydrogen-bond donors (Lipinski definition) is 0. The summed E-state index contributed by atoms with van der Waals surface area (Å²) >= 11 is 3.07. The van der Waals surface area contributed by atoms with Crippen LogP contribution in [0.4, 0.5) is 0 Å². The maximum absolute atomic E-state index is 3.96. The minimum atomic E-state index is 1.05. The Morgan fingerprint density at radius 1 is 1.50 bits per heavy atom. The quantitative estimate of drug-likeness (QED) is 0.543. The molecular formula is C5HNS2. The van der Waals surface area contributed by atoms with E-state index >= 15 is 0 Å². The topological polar surface area (TPSA) is 12.9 Å². The third-order valence-corrected chi connectivity index (χ3v) is 2.44. The molecule has 2 aromatic heterocycles. The zero-order chi connectivity index (χ0) is 5.40. The first-order chi connectivity index (χ1) is 3.97. The number of nitrogens with zero attached hydrogens (tertiary/aromatic N) is 1. The van der Waals surface area contributed by atoms with Crippen LogP contribution in [0.1, 0.15) is 0 Å². The molecule has 0 bridgehead atoms. The van der Waals surface area contributed by atoms with Gasteiger partial charge in [-0.25, -0.2) is 4.98 Å². The average Bonchev–Trinajstić information content (AvgIpc) is 2.15. The van der Waals surface area contributed by atoms with Crippen molar-refractivity contribution in [1.29, 1.82) is 0 Å². The molecule has 2 radical (unpaired) electrons. The fourth-order valence-corrected chi connectivity index (χ4v) is 1.92. The molecule has 0 aliphatic heterocycles.